The minimum absolute atomic E-state index is 0.0404. The molecule has 0 spiro atoms. The first-order valence-corrected chi connectivity index (χ1v) is 9.09. The minimum atomic E-state index is -1.16. The predicted molar refractivity (Wildman–Crippen MR) is 101 cm³/mol. The number of hydrogen-bond donors (Lipinski definition) is 1. The van der Waals surface area contributed by atoms with E-state index in [1.807, 2.05) is 13.8 Å². The van der Waals surface area contributed by atoms with Crippen LogP contribution in [0.25, 0.3) is 10.8 Å². The first-order valence-electron chi connectivity index (χ1n) is 9.09. The van der Waals surface area contributed by atoms with Crippen molar-refractivity contribution in [3.8, 4) is 0 Å². The molecule has 1 aliphatic heterocycles. The van der Waals surface area contributed by atoms with Crippen molar-refractivity contribution >= 4 is 28.7 Å². The second kappa shape index (κ2) is 7.79. The summed E-state index contributed by atoms with van der Waals surface area (Å²) in [5.41, 5.74) is -0.333. The van der Waals surface area contributed by atoms with Crippen molar-refractivity contribution in [1.82, 2.24) is 20.0 Å². The molecule has 1 saturated heterocycles. The number of rotatable bonds is 5. The third kappa shape index (κ3) is 3.73. The van der Waals surface area contributed by atoms with Crippen LogP contribution in [0.1, 0.15) is 31.3 Å². The summed E-state index contributed by atoms with van der Waals surface area (Å²) in [6.07, 6.45) is -1.16. The standard InChI is InChI=1S/C19H22N4O5/c1-11(2)10-23-17(25)14-7-5-4-6-13(14)15(21-23)18(26)28-12(3)16(24)22-9-8-20-19(22)27/h4-7,11-12H,8-10H2,1-3H3,(H,20,27)/t12-/m0/s1. The first kappa shape index (κ1) is 19.5. The van der Waals surface area contributed by atoms with Crippen LogP contribution in [-0.2, 0) is 16.1 Å². The summed E-state index contributed by atoms with van der Waals surface area (Å²) >= 11 is 0. The van der Waals surface area contributed by atoms with Gasteiger partial charge in [-0.15, -0.1) is 0 Å². The third-order valence-corrected chi connectivity index (χ3v) is 4.35. The Morgan fingerprint density at radius 1 is 1.18 bits per heavy atom. The van der Waals surface area contributed by atoms with E-state index in [1.165, 1.54) is 11.6 Å². The van der Waals surface area contributed by atoms with Gasteiger partial charge in [0, 0.05) is 25.0 Å². The normalized spacial score (nSPS) is 15.0. The molecular formula is C19H22N4O5. The average Bonchev–Trinajstić information content (AvgIpc) is 3.08. The molecule has 0 radical (unpaired) electrons. The molecule has 148 valence electrons. The summed E-state index contributed by atoms with van der Waals surface area (Å²) in [4.78, 5) is 50.4. The SMILES string of the molecule is CC(C)Cn1nc(C(=O)O[C@@H](C)C(=O)N2CCNC2=O)c2ccccc2c1=O. The van der Waals surface area contributed by atoms with E-state index < -0.39 is 24.0 Å². The van der Waals surface area contributed by atoms with E-state index in [9.17, 15) is 19.2 Å². The van der Waals surface area contributed by atoms with Crippen molar-refractivity contribution in [3.05, 3.63) is 40.3 Å². The van der Waals surface area contributed by atoms with Crippen molar-refractivity contribution < 1.29 is 19.1 Å². The smallest absolute Gasteiger partial charge is 0.360 e. The number of nitrogens with one attached hydrogen (secondary N) is 1. The van der Waals surface area contributed by atoms with Gasteiger partial charge >= 0.3 is 12.0 Å². The van der Waals surface area contributed by atoms with E-state index in [2.05, 4.69) is 10.4 Å². The van der Waals surface area contributed by atoms with Gasteiger partial charge in [0.2, 0.25) is 0 Å². The van der Waals surface area contributed by atoms with Crippen LogP contribution in [-0.4, -0.2) is 51.8 Å². The molecule has 1 atom stereocenters. The van der Waals surface area contributed by atoms with E-state index in [-0.39, 0.29) is 23.7 Å². The molecule has 0 saturated carbocycles. The monoisotopic (exact) mass is 386 g/mol. The lowest BCUT2D eigenvalue weighted by Gasteiger charge is -2.18. The number of esters is 1. The maximum absolute atomic E-state index is 12.7. The van der Waals surface area contributed by atoms with E-state index in [0.29, 0.717) is 23.9 Å². The summed E-state index contributed by atoms with van der Waals surface area (Å²) < 4.78 is 6.52. The van der Waals surface area contributed by atoms with Crippen LogP contribution in [0.3, 0.4) is 0 Å². The zero-order valence-corrected chi connectivity index (χ0v) is 16.0. The van der Waals surface area contributed by atoms with Gasteiger partial charge in [-0.3, -0.25) is 14.5 Å². The molecule has 9 heteroatoms. The summed E-state index contributed by atoms with van der Waals surface area (Å²) in [7, 11) is 0. The van der Waals surface area contributed by atoms with Crippen LogP contribution in [0, 0.1) is 5.92 Å². The highest BCUT2D eigenvalue weighted by molar-refractivity contribution is 6.04. The zero-order chi connectivity index (χ0) is 20.4. The molecule has 0 bridgehead atoms. The second-order valence-corrected chi connectivity index (χ2v) is 7.04. The van der Waals surface area contributed by atoms with E-state index in [0.717, 1.165) is 4.90 Å². The summed E-state index contributed by atoms with van der Waals surface area (Å²) in [5, 5.41) is 7.42. The Morgan fingerprint density at radius 3 is 2.46 bits per heavy atom. The predicted octanol–water partition coefficient (Wildman–Crippen LogP) is 1.15. The van der Waals surface area contributed by atoms with Gasteiger partial charge in [0.25, 0.3) is 11.5 Å². The highest BCUT2D eigenvalue weighted by Gasteiger charge is 2.32. The zero-order valence-electron chi connectivity index (χ0n) is 16.0. The maximum Gasteiger partial charge on any atom is 0.360 e. The summed E-state index contributed by atoms with van der Waals surface area (Å²) in [5.74, 6) is -1.29. The van der Waals surface area contributed by atoms with Crippen LogP contribution in [0.5, 0.6) is 0 Å². The summed E-state index contributed by atoms with van der Waals surface area (Å²) in [6.45, 7) is 6.19. The lowest BCUT2D eigenvalue weighted by atomic mass is 10.1. The summed E-state index contributed by atoms with van der Waals surface area (Å²) in [6, 6.07) is 6.12. The third-order valence-electron chi connectivity index (χ3n) is 4.35. The van der Waals surface area contributed by atoms with Crippen LogP contribution in [0.15, 0.2) is 29.1 Å². The molecule has 28 heavy (non-hydrogen) atoms. The molecule has 2 aromatic rings. The Labute approximate surface area is 161 Å². The average molecular weight is 386 g/mol. The molecule has 3 rings (SSSR count). The lowest BCUT2D eigenvalue weighted by molar-refractivity contribution is -0.136. The van der Waals surface area contributed by atoms with Crippen LogP contribution in [0.4, 0.5) is 4.79 Å². The highest BCUT2D eigenvalue weighted by Crippen LogP contribution is 2.16. The Bertz CT molecular complexity index is 997. The fraction of sp³-hybridized carbons (Fsp3) is 0.421. The molecule has 1 aromatic heterocycles. The quantitative estimate of drug-likeness (QED) is 0.772. The molecule has 1 N–H and O–H groups in total. The molecular weight excluding hydrogens is 364 g/mol. The first-order chi connectivity index (χ1) is 13.3. The molecule has 9 nitrogen and oxygen atoms in total. The van der Waals surface area contributed by atoms with Crippen molar-refractivity contribution in [2.75, 3.05) is 13.1 Å². The number of hydrogen-bond acceptors (Lipinski definition) is 6. The minimum Gasteiger partial charge on any atom is -0.448 e. The van der Waals surface area contributed by atoms with Crippen molar-refractivity contribution in [2.45, 2.75) is 33.4 Å². The van der Waals surface area contributed by atoms with E-state index in [4.69, 9.17) is 4.74 Å². The number of aromatic nitrogens is 2. The second-order valence-electron chi connectivity index (χ2n) is 7.04. The van der Waals surface area contributed by atoms with Gasteiger partial charge in [0.1, 0.15) is 0 Å². The highest BCUT2D eigenvalue weighted by atomic mass is 16.5. The number of urea groups is 1. The van der Waals surface area contributed by atoms with Crippen LogP contribution >= 0.6 is 0 Å². The lowest BCUT2D eigenvalue weighted by Crippen LogP contribution is -2.42. The largest absolute Gasteiger partial charge is 0.448 e. The van der Waals surface area contributed by atoms with Gasteiger partial charge in [-0.2, -0.15) is 5.10 Å². The van der Waals surface area contributed by atoms with Gasteiger partial charge in [0.15, 0.2) is 11.8 Å². The number of ether oxygens (including phenoxy) is 1. The number of carbonyl (C=O) groups is 3. The van der Waals surface area contributed by atoms with Crippen molar-refractivity contribution in [2.24, 2.45) is 5.92 Å². The Balaban J connectivity index is 1.92. The molecule has 0 unspecified atom stereocenters. The fourth-order valence-electron chi connectivity index (χ4n) is 3.02. The van der Waals surface area contributed by atoms with E-state index in [1.54, 1.807) is 24.3 Å². The van der Waals surface area contributed by atoms with Gasteiger partial charge < -0.3 is 10.1 Å². The number of benzene rings is 1. The van der Waals surface area contributed by atoms with Crippen LogP contribution in [0.2, 0.25) is 0 Å². The molecule has 1 aromatic carbocycles. The van der Waals surface area contributed by atoms with Gasteiger partial charge in [-0.25, -0.2) is 14.3 Å². The topological polar surface area (TPSA) is 111 Å². The Hall–Kier alpha value is -3.23. The van der Waals surface area contributed by atoms with Crippen molar-refractivity contribution in [1.29, 1.82) is 0 Å². The number of imide groups is 1. The molecule has 1 aliphatic rings. The number of nitrogens with zero attached hydrogens (tertiary/aromatic N) is 3. The fourth-order valence-corrected chi connectivity index (χ4v) is 3.02. The van der Waals surface area contributed by atoms with Crippen molar-refractivity contribution in [3.63, 3.8) is 0 Å². The van der Waals surface area contributed by atoms with E-state index >= 15 is 0 Å². The van der Waals surface area contributed by atoms with Gasteiger partial charge in [0.05, 0.1) is 5.39 Å². The molecule has 2 heterocycles. The van der Waals surface area contributed by atoms with Crippen LogP contribution < -0.4 is 10.9 Å². The number of carbonyl (C=O) groups excluding carboxylic acids is 3. The number of amides is 3. The Morgan fingerprint density at radius 2 is 1.86 bits per heavy atom. The number of fused-ring (bicyclic) bond motifs is 1. The van der Waals surface area contributed by atoms with Gasteiger partial charge in [-0.1, -0.05) is 32.0 Å². The Kier molecular flexibility index (Phi) is 5.43. The molecule has 3 amide bonds. The maximum atomic E-state index is 12.7. The van der Waals surface area contributed by atoms with Gasteiger partial charge in [-0.05, 0) is 18.9 Å². The molecule has 1 fully saturated rings. The molecule has 0 aliphatic carbocycles.